The fraction of sp³-hybridized carbons (Fsp3) is 0.278. The molecule has 140 valence electrons. The van der Waals surface area contributed by atoms with Gasteiger partial charge in [0, 0.05) is 13.1 Å². The van der Waals surface area contributed by atoms with Crippen LogP contribution < -0.4 is 5.32 Å². The van der Waals surface area contributed by atoms with Gasteiger partial charge in [0.1, 0.15) is 11.6 Å². The van der Waals surface area contributed by atoms with Crippen molar-refractivity contribution in [3.05, 3.63) is 59.2 Å². The lowest BCUT2D eigenvalue weighted by Gasteiger charge is -2.19. The van der Waals surface area contributed by atoms with E-state index in [1.807, 2.05) is 0 Å². The first kappa shape index (κ1) is 20.0. The van der Waals surface area contributed by atoms with Crippen LogP contribution in [0.2, 0.25) is 0 Å². The quantitative estimate of drug-likeness (QED) is 0.831. The van der Waals surface area contributed by atoms with Gasteiger partial charge in [-0.25, -0.2) is 17.2 Å². The second kappa shape index (κ2) is 7.92. The Morgan fingerprint density at radius 2 is 1.65 bits per heavy atom. The van der Waals surface area contributed by atoms with E-state index in [9.17, 15) is 22.0 Å². The first-order valence-electron chi connectivity index (χ1n) is 8.07. The summed E-state index contributed by atoms with van der Waals surface area (Å²) in [5.74, 6) is -2.49. The van der Waals surface area contributed by atoms with Crippen molar-refractivity contribution in [2.45, 2.75) is 25.7 Å². The third-order valence-corrected chi connectivity index (χ3v) is 5.94. The van der Waals surface area contributed by atoms with Gasteiger partial charge in [-0.3, -0.25) is 4.79 Å². The second-order valence-electron chi connectivity index (χ2n) is 5.67. The molecule has 0 aliphatic heterocycles. The van der Waals surface area contributed by atoms with E-state index in [0.29, 0.717) is 5.56 Å². The molecule has 26 heavy (non-hydrogen) atoms. The van der Waals surface area contributed by atoms with Gasteiger partial charge in [0.25, 0.3) is 5.91 Å². The minimum atomic E-state index is -3.85. The maximum absolute atomic E-state index is 14.1. The first-order chi connectivity index (χ1) is 12.2. The molecule has 2 rings (SSSR count). The minimum Gasteiger partial charge on any atom is -0.319 e. The number of carbonyl (C=O) groups is 1. The summed E-state index contributed by atoms with van der Waals surface area (Å²) >= 11 is 0. The van der Waals surface area contributed by atoms with Crippen LogP contribution in [0.4, 0.5) is 14.5 Å². The predicted molar refractivity (Wildman–Crippen MR) is 95.6 cm³/mol. The van der Waals surface area contributed by atoms with Crippen LogP contribution in [0.15, 0.2) is 41.3 Å². The molecule has 0 bridgehead atoms. The standard InChI is InChI=1S/C18H20F2N2O3S/c1-4-22(5-2)26(24,25)13-7-9-15(19)14(11-13)18(23)21-17-10-12(3)6-8-16(17)20/h6-11H,4-5H2,1-3H3,(H,21,23). The Morgan fingerprint density at radius 3 is 2.27 bits per heavy atom. The van der Waals surface area contributed by atoms with Crippen molar-refractivity contribution in [3.8, 4) is 0 Å². The third kappa shape index (κ3) is 4.08. The number of sulfonamides is 1. The van der Waals surface area contributed by atoms with Crippen LogP contribution in [0.5, 0.6) is 0 Å². The van der Waals surface area contributed by atoms with Gasteiger partial charge >= 0.3 is 0 Å². The van der Waals surface area contributed by atoms with Crippen LogP contribution in [0.3, 0.4) is 0 Å². The number of anilines is 1. The van der Waals surface area contributed by atoms with Crippen molar-refractivity contribution in [2.24, 2.45) is 0 Å². The lowest BCUT2D eigenvalue weighted by Crippen LogP contribution is -2.31. The molecule has 0 aliphatic rings. The number of rotatable bonds is 6. The highest BCUT2D eigenvalue weighted by Gasteiger charge is 2.24. The molecule has 0 saturated carbocycles. The number of hydrogen-bond acceptors (Lipinski definition) is 3. The van der Waals surface area contributed by atoms with Gasteiger partial charge in [0.2, 0.25) is 10.0 Å². The molecule has 1 N–H and O–H groups in total. The smallest absolute Gasteiger partial charge is 0.258 e. The Morgan fingerprint density at radius 1 is 1.04 bits per heavy atom. The summed E-state index contributed by atoms with van der Waals surface area (Å²) < 4.78 is 54.2. The molecule has 0 aromatic heterocycles. The Labute approximate surface area is 151 Å². The molecule has 5 nitrogen and oxygen atoms in total. The summed E-state index contributed by atoms with van der Waals surface area (Å²) in [6.45, 7) is 5.56. The van der Waals surface area contributed by atoms with Crippen molar-refractivity contribution in [1.29, 1.82) is 0 Å². The summed E-state index contributed by atoms with van der Waals surface area (Å²) in [6.07, 6.45) is 0. The van der Waals surface area contributed by atoms with Gasteiger partial charge in [0.15, 0.2) is 0 Å². The molecule has 0 unspecified atom stereocenters. The number of nitrogens with one attached hydrogen (secondary N) is 1. The van der Waals surface area contributed by atoms with E-state index in [4.69, 9.17) is 0 Å². The van der Waals surface area contributed by atoms with Crippen LogP contribution in [-0.4, -0.2) is 31.7 Å². The molecule has 0 aliphatic carbocycles. The van der Waals surface area contributed by atoms with Crippen molar-refractivity contribution in [1.82, 2.24) is 4.31 Å². The summed E-state index contributed by atoms with van der Waals surface area (Å²) in [5.41, 5.74) is 0.130. The molecular weight excluding hydrogens is 362 g/mol. The molecule has 0 radical (unpaired) electrons. The van der Waals surface area contributed by atoms with Crippen LogP contribution >= 0.6 is 0 Å². The molecule has 2 aromatic carbocycles. The van der Waals surface area contributed by atoms with Crippen LogP contribution in [0, 0.1) is 18.6 Å². The Kier molecular flexibility index (Phi) is 6.09. The second-order valence-corrected chi connectivity index (χ2v) is 7.61. The van der Waals surface area contributed by atoms with Crippen LogP contribution in [-0.2, 0) is 10.0 Å². The number of halogens is 2. The highest BCUT2D eigenvalue weighted by atomic mass is 32.2. The van der Waals surface area contributed by atoms with Gasteiger partial charge in [0.05, 0.1) is 16.1 Å². The lowest BCUT2D eigenvalue weighted by molar-refractivity contribution is 0.102. The fourth-order valence-electron chi connectivity index (χ4n) is 2.48. The largest absolute Gasteiger partial charge is 0.319 e. The SMILES string of the molecule is CCN(CC)S(=O)(=O)c1ccc(F)c(C(=O)Nc2cc(C)ccc2F)c1. The topological polar surface area (TPSA) is 66.5 Å². The number of aryl methyl sites for hydroxylation is 1. The number of benzene rings is 2. The third-order valence-electron chi connectivity index (χ3n) is 3.90. The molecule has 1 amide bonds. The van der Waals surface area contributed by atoms with Gasteiger partial charge in [-0.2, -0.15) is 4.31 Å². The molecule has 0 atom stereocenters. The Hall–Kier alpha value is -2.32. The number of nitrogens with zero attached hydrogens (tertiary/aromatic N) is 1. The zero-order valence-electron chi connectivity index (χ0n) is 14.7. The van der Waals surface area contributed by atoms with Gasteiger partial charge in [-0.1, -0.05) is 19.9 Å². The van der Waals surface area contributed by atoms with Gasteiger partial charge < -0.3 is 5.32 Å². The van der Waals surface area contributed by atoms with Crippen molar-refractivity contribution < 1.29 is 22.0 Å². The normalized spacial score (nSPS) is 11.6. The molecular formula is C18H20F2N2O3S. The molecule has 2 aromatic rings. The van der Waals surface area contributed by atoms with E-state index >= 15 is 0 Å². The van der Waals surface area contributed by atoms with E-state index in [1.165, 1.54) is 22.5 Å². The number of carbonyl (C=O) groups excluding carboxylic acids is 1. The first-order valence-corrected chi connectivity index (χ1v) is 9.51. The maximum atomic E-state index is 14.1. The average Bonchev–Trinajstić information content (AvgIpc) is 2.59. The maximum Gasteiger partial charge on any atom is 0.258 e. The zero-order chi connectivity index (χ0) is 19.5. The van der Waals surface area contributed by atoms with Crippen LogP contribution in [0.25, 0.3) is 0 Å². The number of hydrogen-bond donors (Lipinski definition) is 1. The summed E-state index contributed by atoms with van der Waals surface area (Å²) in [4.78, 5) is 12.2. The van der Waals surface area contributed by atoms with E-state index in [0.717, 1.165) is 18.2 Å². The van der Waals surface area contributed by atoms with Crippen molar-refractivity contribution in [2.75, 3.05) is 18.4 Å². The predicted octanol–water partition coefficient (Wildman–Crippen LogP) is 3.56. The summed E-state index contributed by atoms with van der Waals surface area (Å²) in [7, 11) is -3.85. The van der Waals surface area contributed by atoms with E-state index < -0.39 is 33.1 Å². The summed E-state index contributed by atoms with van der Waals surface area (Å²) in [5, 5.41) is 2.28. The average molecular weight is 382 g/mol. The monoisotopic (exact) mass is 382 g/mol. The molecule has 0 fully saturated rings. The van der Waals surface area contributed by atoms with Crippen LogP contribution in [0.1, 0.15) is 29.8 Å². The molecule has 0 spiro atoms. The highest BCUT2D eigenvalue weighted by molar-refractivity contribution is 7.89. The number of amides is 1. The summed E-state index contributed by atoms with van der Waals surface area (Å²) in [6, 6.07) is 7.10. The van der Waals surface area contributed by atoms with E-state index in [1.54, 1.807) is 20.8 Å². The minimum absolute atomic E-state index is 0.105. The lowest BCUT2D eigenvalue weighted by atomic mass is 10.1. The Balaban J connectivity index is 2.41. The van der Waals surface area contributed by atoms with E-state index in [-0.39, 0.29) is 23.7 Å². The fourth-order valence-corrected chi connectivity index (χ4v) is 3.96. The molecule has 0 heterocycles. The molecule has 8 heteroatoms. The Bertz CT molecular complexity index is 926. The van der Waals surface area contributed by atoms with Crippen molar-refractivity contribution >= 4 is 21.6 Å². The van der Waals surface area contributed by atoms with E-state index in [2.05, 4.69) is 5.32 Å². The van der Waals surface area contributed by atoms with Gasteiger partial charge in [-0.15, -0.1) is 0 Å². The highest BCUT2D eigenvalue weighted by Crippen LogP contribution is 2.21. The molecule has 0 saturated heterocycles. The van der Waals surface area contributed by atoms with Gasteiger partial charge in [-0.05, 0) is 42.8 Å². The zero-order valence-corrected chi connectivity index (χ0v) is 15.5. The van der Waals surface area contributed by atoms with Crippen molar-refractivity contribution in [3.63, 3.8) is 0 Å².